The number of nitrogens with zero attached hydrogens (tertiary/aromatic N) is 5. The Hall–Kier alpha value is -3.69. The van der Waals surface area contributed by atoms with Crippen LogP contribution in [0.25, 0.3) is 5.69 Å². The van der Waals surface area contributed by atoms with Crippen LogP contribution in [0.1, 0.15) is 22.7 Å². The minimum atomic E-state index is -0.255. The van der Waals surface area contributed by atoms with Crippen LogP contribution in [0.5, 0.6) is 5.75 Å². The van der Waals surface area contributed by atoms with Crippen molar-refractivity contribution in [2.24, 2.45) is 0 Å². The summed E-state index contributed by atoms with van der Waals surface area (Å²) in [6.45, 7) is 1.49. The van der Waals surface area contributed by atoms with E-state index >= 15 is 0 Å². The topological polar surface area (TPSA) is 80.1 Å². The van der Waals surface area contributed by atoms with E-state index in [4.69, 9.17) is 26.3 Å². The van der Waals surface area contributed by atoms with Gasteiger partial charge < -0.3 is 24.8 Å². The van der Waals surface area contributed by atoms with Crippen LogP contribution in [-0.4, -0.2) is 52.2 Å². The van der Waals surface area contributed by atoms with Crippen molar-refractivity contribution in [2.45, 2.75) is 12.5 Å². The quantitative estimate of drug-likeness (QED) is 0.398. The molecular formula is C25H25ClFN7O. The molecule has 8 nitrogen and oxygen atoms in total. The number of aromatic nitrogens is 4. The monoisotopic (exact) mass is 493 g/mol. The molecule has 5 rings (SSSR count). The second-order valence-corrected chi connectivity index (χ2v) is 8.81. The third-order valence-electron chi connectivity index (χ3n) is 6.07. The first-order valence-electron chi connectivity index (χ1n) is 11.1. The van der Waals surface area contributed by atoms with Gasteiger partial charge in [0.2, 0.25) is 5.95 Å². The maximum Gasteiger partial charge on any atom is 0.229 e. The molecule has 0 radical (unpaired) electrons. The number of nitrogens with one attached hydrogen (secondary N) is 2. The van der Waals surface area contributed by atoms with E-state index in [2.05, 4.69) is 27.6 Å². The lowest BCUT2D eigenvalue weighted by Gasteiger charge is -2.33. The number of ether oxygens (including phenoxy) is 1. The van der Waals surface area contributed by atoms with Crippen LogP contribution in [0.15, 0.2) is 55.0 Å². The van der Waals surface area contributed by atoms with Crippen LogP contribution in [0.4, 0.5) is 21.8 Å². The van der Waals surface area contributed by atoms with Gasteiger partial charge in [-0.25, -0.2) is 14.4 Å². The van der Waals surface area contributed by atoms with E-state index in [0.717, 1.165) is 47.1 Å². The van der Waals surface area contributed by atoms with Crippen LogP contribution in [0.2, 0.25) is 5.15 Å². The van der Waals surface area contributed by atoms with Crippen molar-refractivity contribution in [3.8, 4) is 11.4 Å². The minimum absolute atomic E-state index is 0.0112. The van der Waals surface area contributed by atoms with Crippen LogP contribution in [0, 0.1) is 5.82 Å². The molecule has 1 aliphatic heterocycles. The summed E-state index contributed by atoms with van der Waals surface area (Å²) < 4.78 is 21.0. The molecule has 10 heteroatoms. The highest BCUT2D eigenvalue weighted by Crippen LogP contribution is 2.36. The number of anilines is 3. The fourth-order valence-corrected chi connectivity index (χ4v) is 4.58. The predicted octanol–water partition coefficient (Wildman–Crippen LogP) is 4.83. The maximum atomic E-state index is 13.6. The van der Waals surface area contributed by atoms with Crippen molar-refractivity contribution in [1.82, 2.24) is 24.4 Å². The Morgan fingerprint density at radius 1 is 1.14 bits per heavy atom. The largest absolute Gasteiger partial charge is 0.494 e. The van der Waals surface area contributed by atoms with E-state index in [1.54, 1.807) is 24.2 Å². The van der Waals surface area contributed by atoms with Gasteiger partial charge >= 0.3 is 0 Å². The third kappa shape index (κ3) is 4.65. The van der Waals surface area contributed by atoms with E-state index in [1.165, 1.54) is 12.1 Å². The summed E-state index contributed by atoms with van der Waals surface area (Å²) in [4.78, 5) is 15.9. The first kappa shape index (κ1) is 23.1. The highest BCUT2D eigenvalue weighted by atomic mass is 35.5. The summed E-state index contributed by atoms with van der Waals surface area (Å²) in [5, 5.41) is 6.93. The number of hydrogen-bond acceptors (Lipinski definition) is 7. The minimum Gasteiger partial charge on any atom is -0.494 e. The van der Waals surface area contributed by atoms with Crippen molar-refractivity contribution in [2.75, 3.05) is 38.4 Å². The molecule has 1 aliphatic rings. The molecule has 0 amide bonds. The van der Waals surface area contributed by atoms with Gasteiger partial charge in [-0.1, -0.05) is 23.7 Å². The van der Waals surface area contributed by atoms with Crippen molar-refractivity contribution < 1.29 is 9.13 Å². The molecule has 0 saturated carbocycles. The van der Waals surface area contributed by atoms with Gasteiger partial charge in [-0.05, 0) is 36.9 Å². The molecule has 1 atom stereocenters. The molecule has 0 spiro atoms. The highest BCUT2D eigenvalue weighted by Gasteiger charge is 2.29. The molecule has 0 bridgehead atoms. The third-order valence-corrected chi connectivity index (χ3v) is 6.26. The zero-order valence-corrected chi connectivity index (χ0v) is 20.3. The first-order chi connectivity index (χ1) is 16.9. The molecule has 1 unspecified atom stereocenters. The van der Waals surface area contributed by atoms with Crippen LogP contribution in [-0.2, 0) is 6.54 Å². The molecule has 0 aliphatic carbocycles. The van der Waals surface area contributed by atoms with Crippen molar-refractivity contribution >= 4 is 29.1 Å². The second-order valence-electron chi connectivity index (χ2n) is 8.43. The SMILES string of the molecule is CNc1nc(Nc2ccc(-n3cnc(Cl)c3)c(OC)c2)nc2c1CN(C)CC2c1ccc(F)cc1. The Kier molecular flexibility index (Phi) is 6.27. The van der Waals surface area contributed by atoms with Gasteiger partial charge in [0, 0.05) is 49.6 Å². The zero-order chi connectivity index (χ0) is 24.5. The molecule has 35 heavy (non-hydrogen) atoms. The number of likely N-dealkylation sites (N-methyl/N-ethyl adjacent to an activating group) is 1. The highest BCUT2D eigenvalue weighted by molar-refractivity contribution is 6.29. The fraction of sp³-hybridized carbons (Fsp3) is 0.240. The Morgan fingerprint density at radius 2 is 1.94 bits per heavy atom. The Labute approximate surface area is 207 Å². The molecule has 0 fully saturated rings. The van der Waals surface area contributed by atoms with Crippen LogP contribution >= 0.6 is 11.6 Å². The van der Waals surface area contributed by atoms with E-state index in [9.17, 15) is 4.39 Å². The molecule has 4 aromatic rings. The lowest BCUT2D eigenvalue weighted by Crippen LogP contribution is -2.33. The number of hydrogen-bond donors (Lipinski definition) is 2. The molecular weight excluding hydrogens is 469 g/mol. The van der Waals surface area contributed by atoms with E-state index < -0.39 is 0 Å². The Balaban J connectivity index is 1.52. The molecule has 3 heterocycles. The van der Waals surface area contributed by atoms with Crippen molar-refractivity contribution in [3.05, 3.63) is 82.8 Å². The van der Waals surface area contributed by atoms with E-state index in [1.807, 2.05) is 37.4 Å². The Bertz CT molecular complexity index is 1360. The fourth-order valence-electron chi connectivity index (χ4n) is 4.43. The average molecular weight is 494 g/mol. The van der Waals surface area contributed by atoms with Gasteiger partial charge in [0.15, 0.2) is 0 Å². The number of imidazole rings is 1. The normalized spacial score (nSPS) is 15.5. The summed E-state index contributed by atoms with van der Waals surface area (Å²) in [6.07, 6.45) is 3.34. The van der Waals surface area contributed by atoms with Crippen LogP contribution in [0.3, 0.4) is 0 Å². The number of benzene rings is 2. The zero-order valence-electron chi connectivity index (χ0n) is 19.6. The molecule has 0 saturated heterocycles. The predicted molar refractivity (Wildman–Crippen MR) is 135 cm³/mol. The summed E-state index contributed by atoms with van der Waals surface area (Å²) in [5.74, 6) is 1.59. The average Bonchev–Trinajstić information content (AvgIpc) is 3.29. The van der Waals surface area contributed by atoms with Gasteiger partial charge in [-0.2, -0.15) is 4.98 Å². The van der Waals surface area contributed by atoms with E-state index in [-0.39, 0.29) is 11.7 Å². The first-order valence-corrected chi connectivity index (χ1v) is 11.5. The number of rotatable bonds is 6. The summed E-state index contributed by atoms with van der Waals surface area (Å²) >= 11 is 5.97. The molecule has 180 valence electrons. The van der Waals surface area contributed by atoms with Gasteiger partial charge in [-0.3, -0.25) is 0 Å². The number of methoxy groups -OCH3 is 1. The van der Waals surface area contributed by atoms with Gasteiger partial charge in [0.05, 0.1) is 18.5 Å². The second kappa shape index (κ2) is 9.52. The standard InChI is InChI=1S/C25H25ClFN7O/c1-28-24-19-12-33(2)11-18(15-4-6-16(27)7-5-15)23(19)31-25(32-24)30-17-8-9-20(21(10-17)35-3)34-13-22(26)29-14-34/h4-10,13-14,18H,11-12H2,1-3H3,(H2,28,30,31,32). The summed E-state index contributed by atoms with van der Waals surface area (Å²) in [6, 6.07) is 12.3. The van der Waals surface area contributed by atoms with Crippen LogP contribution < -0.4 is 15.4 Å². The summed E-state index contributed by atoms with van der Waals surface area (Å²) in [7, 11) is 5.52. The van der Waals surface area contributed by atoms with Crippen molar-refractivity contribution in [1.29, 1.82) is 0 Å². The molecule has 2 aromatic heterocycles. The van der Waals surface area contributed by atoms with Gasteiger partial charge in [0.1, 0.15) is 28.9 Å². The summed E-state index contributed by atoms with van der Waals surface area (Å²) in [5.41, 5.74) is 4.54. The smallest absolute Gasteiger partial charge is 0.229 e. The molecule has 2 aromatic carbocycles. The number of fused-ring (bicyclic) bond motifs is 1. The molecule has 2 N–H and O–H groups in total. The lowest BCUT2D eigenvalue weighted by atomic mass is 9.89. The van der Waals surface area contributed by atoms with Gasteiger partial charge in [-0.15, -0.1) is 0 Å². The number of halogens is 2. The van der Waals surface area contributed by atoms with Crippen molar-refractivity contribution in [3.63, 3.8) is 0 Å². The lowest BCUT2D eigenvalue weighted by molar-refractivity contribution is 0.291. The maximum absolute atomic E-state index is 13.6. The van der Waals surface area contributed by atoms with Gasteiger partial charge in [0.25, 0.3) is 0 Å². The van der Waals surface area contributed by atoms with E-state index in [0.29, 0.717) is 16.9 Å². The Morgan fingerprint density at radius 3 is 2.63 bits per heavy atom.